The molecule has 1 unspecified atom stereocenters. The van der Waals surface area contributed by atoms with Crippen molar-refractivity contribution in [3.63, 3.8) is 0 Å². The third-order valence-corrected chi connectivity index (χ3v) is 3.86. The number of amides is 2. The highest BCUT2D eigenvalue weighted by Gasteiger charge is 2.29. The number of carbonyl (C=O) groups is 2. The van der Waals surface area contributed by atoms with E-state index in [4.69, 9.17) is 5.73 Å². The van der Waals surface area contributed by atoms with E-state index >= 15 is 0 Å². The molecule has 2 aromatic rings. The molecule has 2 amide bonds. The zero-order chi connectivity index (χ0) is 18.3. The van der Waals surface area contributed by atoms with E-state index in [0.29, 0.717) is 19.5 Å². The maximum Gasteiger partial charge on any atom is 0.251 e. The Kier molecular flexibility index (Phi) is 6.25. The van der Waals surface area contributed by atoms with Crippen LogP contribution in [0.2, 0.25) is 0 Å². The fraction of sp³-hybridized carbons (Fsp3) is 0.263. The van der Waals surface area contributed by atoms with Crippen molar-refractivity contribution in [1.29, 1.82) is 0 Å². The second kappa shape index (κ2) is 8.39. The zero-order valence-electron chi connectivity index (χ0n) is 14.1. The first kappa shape index (κ1) is 18.6. The summed E-state index contributed by atoms with van der Waals surface area (Å²) in [4.78, 5) is 24.1. The lowest BCUT2D eigenvalue weighted by Crippen LogP contribution is -2.49. The van der Waals surface area contributed by atoms with Gasteiger partial charge in [-0.1, -0.05) is 36.4 Å². The molecule has 0 saturated carbocycles. The Morgan fingerprint density at radius 2 is 1.72 bits per heavy atom. The smallest absolute Gasteiger partial charge is 0.251 e. The van der Waals surface area contributed by atoms with Gasteiger partial charge in [0.1, 0.15) is 11.4 Å². The molecule has 0 fully saturated rings. The minimum absolute atomic E-state index is 0.266. The zero-order valence-corrected chi connectivity index (χ0v) is 14.1. The van der Waals surface area contributed by atoms with Crippen molar-refractivity contribution in [3.8, 4) is 0 Å². The van der Waals surface area contributed by atoms with Crippen molar-refractivity contribution in [1.82, 2.24) is 10.6 Å². The lowest BCUT2D eigenvalue weighted by molar-refractivity contribution is -0.126. The average Bonchev–Trinajstić information content (AvgIpc) is 2.61. The van der Waals surface area contributed by atoms with Gasteiger partial charge in [-0.2, -0.15) is 0 Å². The fourth-order valence-corrected chi connectivity index (χ4v) is 2.32. The van der Waals surface area contributed by atoms with Gasteiger partial charge in [0.15, 0.2) is 0 Å². The molecule has 1 atom stereocenters. The summed E-state index contributed by atoms with van der Waals surface area (Å²) >= 11 is 0. The van der Waals surface area contributed by atoms with Crippen molar-refractivity contribution in [3.05, 3.63) is 71.5 Å². The van der Waals surface area contributed by atoms with E-state index in [1.165, 1.54) is 18.2 Å². The van der Waals surface area contributed by atoms with Crippen LogP contribution in [0.5, 0.6) is 0 Å². The van der Waals surface area contributed by atoms with E-state index < -0.39 is 11.4 Å². The summed E-state index contributed by atoms with van der Waals surface area (Å²) < 4.78 is 13.1. The van der Waals surface area contributed by atoms with Gasteiger partial charge < -0.3 is 16.4 Å². The van der Waals surface area contributed by atoms with Gasteiger partial charge in [-0.15, -0.1) is 0 Å². The average molecular weight is 343 g/mol. The minimum atomic E-state index is -1.12. The number of nitrogens with two attached hydrogens (primary N) is 1. The normalized spacial score (nSPS) is 12.9. The van der Waals surface area contributed by atoms with E-state index in [1.54, 1.807) is 25.1 Å². The Balaban J connectivity index is 1.74. The Morgan fingerprint density at radius 3 is 2.40 bits per heavy atom. The number of hydrogen-bond donors (Lipinski definition) is 3. The minimum Gasteiger partial charge on any atom is -0.354 e. The Bertz CT molecular complexity index is 732. The van der Waals surface area contributed by atoms with Crippen molar-refractivity contribution in [2.24, 2.45) is 5.73 Å². The number of hydrogen-bond acceptors (Lipinski definition) is 3. The quantitative estimate of drug-likeness (QED) is 0.672. The van der Waals surface area contributed by atoms with Gasteiger partial charge in [0.05, 0.1) is 0 Å². The summed E-state index contributed by atoms with van der Waals surface area (Å²) in [6, 6.07) is 14.6. The van der Waals surface area contributed by atoms with E-state index in [-0.39, 0.29) is 17.4 Å². The highest BCUT2D eigenvalue weighted by atomic mass is 19.1. The molecule has 0 saturated heterocycles. The highest BCUT2D eigenvalue weighted by Crippen LogP contribution is 2.17. The molecular weight excluding hydrogens is 321 g/mol. The van der Waals surface area contributed by atoms with Crippen LogP contribution in [-0.4, -0.2) is 24.9 Å². The summed E-state index contributed by atoms with van der Waals surface area (Å²) in [7, 11) is 0. The predicted octanol–water partition coefficient (Wildman–Crippen LogP) is 1.94. The van der Waals surface area contributed by atoms with Gasteiger partial charge in [0.25, 0.3) is 5.91 Å². The Labute approximate surface area is 146 Å². The first-order valence-electron chi connectivity index (χ1n) is 8.08. The van der Waals surface area contributed by atoms with Gasteiger partial charge in [-0.05, 0) is 37.1 Å². The number of benzene rings is 2. The maximum absolute atomic E-state index is 13.1. The molecule has 2 aromatic carbocycles. The van der Waals surface area contributed by atoms with Crippen LogP contribution in [0.4, 0.5) is 4.39 Å². The van der Waals surface area contributed by atoms with Gasteiger partial charge >= 0.3 is 0 Å². The van der Waals surface area contributed by atoms with Crippen molar-refractivity contribution in [2.45, 2.75) is 18.9 Å². The number of rotatable bonds is 7. The molecule has 6 heteroatoms. The first-order valence-corrected chi connectivity index (χ1v) is 8.08. The molecule has 132 valence electrons. The second-order valence-electron chi connectivity index (χ2n) is 5.94. The van der Waals surface area contributed by atoms with Gasteiger partial charge in [0, 0.05) is 18.7 Å². The fourth-order valence-electron chi connectivity index (χ4n) is 2.32. The molecule has 2 rings (SSSR count). The van der Waals surface area contributed by atoms with Crippen LogP contribution in [0, 0.1) is 5.82 Å². The molecular formula is C19H22FN3O2. The summed E-state index contributed by atoms with van der Waals surface area (Å²) in [5.41, 5.74) is 5.99. The number of nitrogens with one attached hydrogen (secondary N) is 2. The van der Waals surface area contributed by atoms with E-state index in [9.17, 15) is 14.0 Å². The molecule has 4 N–H and O–H groups in total. The summed E-state index contributed by atoms with van der Waals surface area (Å²) in [5.74, 6) is -1.09. The van der Waals surface area contributed by atoms with E-state index in [2.05, 4.69) is 10.6 Å². The molecule has 0 spiro atoms. The molecule has 0 aliphatic carbocycles. The number of carbonyl (C=O) groups excluding carboxylic acids is 2. The van der Waals surface area contributed by atoms with Crippen LogP contribution in [-0.2, 0) is 10.3 Å². The monoisotopic (exact) mass is 343 g/mol. The maximum atomic E-state index is 13.1. The van der Waals surface area contributed by atoms with Gasteiger partial charge in [-0.25, -0.2) is 4.39 Å². The van der Waals surface area contributed by atoms with Gasteiger partial charge in [-0.3, -0.25) is 9.59 Å². The van der Waals surface area contributed by atoms with Crippen molar-refractivity contribution < 1.29 is 14.0 Å². The van der Waals surface area contributed by atoms with Crippen LogP contribution in [0.1, 0.15) is 29.3 Å². The molecule has 0 radical (unpaired) electrons. The molecule has 0 aliphatic rings. The third kappa shape index (κ3) is 5.12. The summed E-state index contributed by atoms with van der Waals surface area (Å²) in [6.07, 6.45) is 0.539. The molecule has 5 nitrogen and oxygen atoms in total. The van der Waals surface area contributed by atoms with E-state index in [1.807, 2.05) is 18.2 Å². The van der Waals surface area contributed by atoms with Crippen molar-refractivity contribution >= 4 is 11.8 Å². The first-order chi connectivity index (χ1) is 11.9. The topological polar surface area (TPSA) is 84.2 Å². The van der Waals surface area contributed by atoms with Crippen LogP contribution in [0.15, 0.2) is 54.6 Å². The lowest BCUT2D eigenvalue weighted by Gasteiger charge is -2.24. The van der Waals surface area contributed by atoms with Crippen LogP contribution in [0.3, 0.4) is 0 Å². The van der Waals surface area contributed by atoms with E-state index in [0.717, 1.165) is 5.56 Å². The summed E-state index contributed by atoms with van der Waals surface area (Å²) in [6.45, 7) is 2.40. The van der Waals surface area contributed by atoms with Crippen molar-refractivity contribution in [2.75, 3.05) is 13.1 Å². The lowest BCUT2D eigenvalue weighted by atomic mass is 9.92. The van der Waals surface area contributed by atoms with Crippen LogP contribution < -0.4 is 16.4 Å². The molecule has 0 aliphatic heterocycles. The molecule has 0 heterocycles. The predicted molar refractivity (Wildman–Crippen MR) is 94.3 cm³/mol. The highest BCUT2D eigenvalue weighted by molar-refractivity contribution is 5.94. The standard InChI is InChI=1S/C19H22FN3O2/c1-19(21,15-8-3-2-4-9-15)18(25)23-12-6-11-22-17(24)14-7-5-10-16(20)13-14/h2-5,7-10,13H,6,11-12,21H2,1H3,(H,22,24)(H,23,25). The second-order valence-corrected chi connectivity index (χ2v) is 5.94. The Morgan fingerprint density at radius 1 is 1.04 bits per heavy atom. The molecule has 0 bridgehead atoms. The van der Waals surface area contributed by atoms with Crippen LogP contribution in [0.25, 0.3) is 0 Å². The Hall–Kier alpha value is -2.73. The SMILES string of the molecule is CC(N)(C(=O)NCCCNC(=O)c1cccc(F)c1)c1ccccc1. The van der Waals surface area contributed by atoms with Crippen LogP contribution >= 0.6 is 0 Å². The largest absolute Gasteiger partial charge is 0.354 e. The van der Waals surface area contributed by atoms with Gasteiger partial charge in [0.2, 0.25) is 5.91 Å². The number of halogens is 1. The molecule has 0 aromatic heterocycles. The molecule has 25 heavy (non-hydrogen) atoms. The summed E-state index contributed by atoms with van der Waals surface area (Å²) in [5, 5.41) is 5.45. The third-order valence-electron chi connectivity index (χ3n) is 3.86.